The van der Waals surface area contributed by atoms with Crippen molar-refractivity contribution in [2.75, 3.05) is 7.11 Å². The number of fused-ring (bicyclic) bond motifs is 1. The molecule has 4 aromatic rings. The topological polar surface area (TPSA) is 53.4 Å². The first-order valence-corrected chi connectivity index (χ1v) is 9.97. The minimum absolute atomic E-state index is 0. The van der Waals surface area contributed by atoms with Crippen LogP contribution in [0.5, 0.6) is 5.88 Å². The summed E-state index contributed by atoms with van der Waals surface area (Å²) in [5.74, 6) is -0.0998. The second-order valence-corrected chi connectivity index (χ2v) is 7.41. The number of rotatable bonds is 6. The Morgan fingerprint density at radius 1 is 1.00 bits per heavy atom. The molecular formula is C25H24ClFN2O3. The molecule has 0 N–H and O–H groups in total. The quantitative estimate of drug-likeness (QED) is 0.354. The zero-order valence-corrected chi connectivity index (χ0v) is 18.9. The fourth-order valence-electron chi connectivity index (χ4n) is 3.65. The molecule has 0 saturated carbocycles. The number of halogens is 2. The van der Waals surface area contributed by atoms with Gasteiger partial charge >= 0.3 is 5.97 Å². The number of carbonyl (C=O) groups is 1. The standard InChI is InChI=1S/C25H23FN2O3.ClH/c1-16-17(2)28(14-18-4-8-20(9-5-18)25(29)30-3)23-22(16)12-13-27-24(23)31-15-19-6-10-21(26)11-7-19;/h4-13H,14-15H2,1-3H3;1H. The van der Waals surface area contributed by atoms with Gasteiger partial charge in [0.1, 0.15) is 17.9 Å². The van der Waals surface area contributed by atoms with E-state index in [0.717, 1.165) is 33.3 Å². The number of aryl methyl sites for hydroxylation is 1. The lowest BCUT2D eigenvalue weighted by atomic mass is 10.1. The molecule has 0 aliphatic rings. The van der Waals surface area contributed by atoms with Crippen LogP contribution in [-0.4, -0.2) is 22.6 Å². The summed E-state index contributed by atoms with van der Waals surface area (Å²) in [6, 6.07) is 15.6. The Kier molecular flexibility index (Phi) is 7.15. The van der Waals surface area contributed by atoms with E-state index < -0.39 is 0 Å². The summed E-state index contributed by atoms with van der Waals surface area (Å²) in [5.41, 5.74) is 5.62. The third kappa shape index (κ3) is 4.60. The lowest BCUT2D eigenvalue weighted by Gasteiger charge is -2.12. The average molecular weight is 455 g/mol. The number of aromatic nitrogens is 2. The maximum absolute atomic E-state index is 13.2. The van der Waals surface area contributed by atoms with Gasteiger partial charge in [0, 0.05) is 23.8 Å². The fraction of sp³-hybridized carbons (Fsp3) is 0.200. The van der Waals surface area contributed by atoms with Crippen LogP contribution in [0, 0.1) is 19.7 Å². The van der Waals surface area contributed by atoms with E-state index in [4.69, 9.17) is 9.47 Å². The molecule has 7 heteroatoms. The Hall–Kier alpha value is -3.38. The van der Waals surface area contributed by atoms with Crippen LogP contribution in [0.1, 0.15) is 32.7 Å². The minimum Gasteiger partial charge on any atom is -0.471 e. The molecule has 2 aromatic carbocycles. The Labute approximate surface area is 192 Å². The molecule has 0 spiro atoms. The maximum atomic E-state index is 13.2. The molecule has 0 fully saturated rings. The molecule has 32 heavy (non-hydrogen) atoms. The molecule has 0 saturated heterocycles. The summed E-state index contributed by atoms with van der Waals surface area (Å²) in [4.78, 5) is 16.2. The summed E-state index contributed by atoms with van der Waals surface area (Å²) >= 11 is 0. The van der Waals surface area contributed by atoms with Crippen molar-refractivity contribution in [3.8, 4) is 5.88 Å². The Morgan fingerprint density at radius 2 is 1.66 bits per heavy atom. The number of pyridine rings is 1. The lowest BCUT2D eigenvalue weighted by molar-refractivity contribution is 0.0600. The van der Waals surface area contributed by atoms with Crippen molar-refractivity contribution in [2.45, 2.75) is 27.0 Å². The van der Waals surface area contributed by atoms with E-state index in [2.05, 4.69) is 23.4 Å². The van der Waals surface area contributed by atoms with Crippen LogP contribution >= 0.6 is 12.4 Å². The number of methoxy groups -OCH3 is 1. The van der Waals surface area contributed by atoms with Crippen molar-refractivity contribution in [2.24, 2.45) is 0 Å². The molecule has 0 bridgehead atoms. The van der Waals surface area contributed by atoms with E-state index in [9.17, 15) is 9.18 Å². The number of carbonyl (C=O) groups excluding carboxylic acids is 1. The second kappa shape index (κ2) is 9.83. The number of hydrogen-bond donors (Lipinski definition) is 0. The minimum atomic E-state index is -0.356. The number of benzene rings is 2. The van der Waals surface area contributed by atoms with Gasteiger partial charge in [0.25, 0.3) is 0 Å². The van der Waals surface area contributed by atoms with E-state index in [1.807, 2.05) is 18.2 Å². The van der Waals surface area contributed by atoms with Crippen LogP contribution in [0.2, 0.25) is 0 Å². The summed E-state index contributed by atoms with van der Waals surface area (Å²) in [7, 11) is 1.37. The number of esters is 1. The first-order valence-electron chi connectivity index (χ1n) is 9.97. The molecule has 0 radical (unpaired) electrons. The van der Waals surface area contributed by atoms with Crippen molar-refractivity contribution < 1.29 is 18.7 Å². The second-order valence-electron chi connectivity index (χ2n) is 7.41. The van der Waals surface area contributed by atoms with Crippen LogP contribution in [0.4, 0.5) is 4.39 Å². The van der Waals surface area contributed by atoms with Gasteiger partial charge in [0.2, 0.25) is 5.88 Å². The van der Waals surface area contributed by atoms with Crippen molar-refractivity contribution in [1.29, 1.82) is 0 Å². The summed E-state index contributed by atoms with van der Waals surface area (Å²) in [6.07, 6.45) is 1.74. The van der Waals surface area contributed by atoms with Gasteiger partial charge in [-0.05, 0) is 60.9 Å². The van der Waals surface area contributed by atoms with Crippen LogP contribution in [0.15, 0.2) is 60.8 Å². The molecule has 166 valence electrons. The molecule has 0 amide bonds. The smallest absolute Gasteiger partial charge is 0.337 e. The Morgan fingerprint density at radius 3 is 2.31 bits per heavy atom. The van der Waals surface area contributed by atoms with Crippen LogP contribution in [0.25, 0.3) is 10.9 Å². The third-order valence-electron chi connectivity index (χ3n) is 5.52. The molecule has 0 aliphatic heterocycles. The highest BCUT2D eigenvalue weighted by atomic mass is 35.5. The van der Waals surface area contributed by atoms with E-state index in [1.54, 1.807) is 30.5 Å². The van der Waals surface area contributed by atoms with Gasteiger partial charge < -0.3 is 14.0 Å². The van der Waals surface area contributed by atoms with E-state index in [-0.39, 0.29) is 24.2 Å². The van der Waals surface area contributed by atoms with Crippen LogP contribution in [0.3, 0.4) is 0 Å². The normalized spacial score (nSPS) is 10.6. The monoisotopic (exact) mass is 454 g/mol. The summed E-state index contributed by atoms with van der Waals surface area (Å²) in [6.45, 7) is 5.06. The predicted molar refractivity (Wildman–Crippen MR) is 124 cm³/mol. The predicted octanol–water partition coefficient (Wildman–Crippen LogP) is 5.63. The average Bonchev–Trinajstić information content (AvgIpc) is 3.04. The summed E-state index contributed by atoms with van der Waals surface area (Å²) in [5, 5.41) is 1.08. The SMILES string of the molecule is COC(=O)c1ccc(Cn2c(C)c(C)c3ccnc(OCc4ccc(F)cc4)c32)cc1.Cl. The van der Waals surface area contributed by atoms with Crippen LogP contribution in [-0.2, 0) is 17.9 Å². The van der Waals surface area contributed by atoms with E-state index in [1.165, 1.54) is 19.2 Å². The highest BCUT2D eigenvalue weighted by Crippen LogP contribution is 2.32. The first-order chi connectivity index (χ1) is 15.0. The van der Waals surface area contributed by atoms with Gasteiger partial charge in [-0.2, -0.15) is 0 Å². The number of nitrogens with zero attached hydrogens (tertiary/aromatic N) is 2. The lowest BCUT2D eigenvalue weighted by Crippen LogP contribution is -2.06. The summed E-state index contributed by atoms with van der Waals surface area (Å²) < 4.78 is 26.2. The van der Waals surface area contributed by atoms with Gasteiger partial charge in [0.05, 0.1) is 12.7 Å². The first kappa shape index (κ1) is 23.3. The van der Waals surface area contributed by atoms with Gasteiger partial charge in [-0.1, -0.05) is 24.3 Å². The molecule has 2 aromatic heterocycles. The molecule has 5 nitrogen and oxygen atoms in total. The van der Waals surface area contributed by atoms with Gasteiger partial charge in [-0.3, -0.25) is 0 Å². The van der Waals surface area contributed by atoms with Crippen molar-refractivity contribution in [3.63, 3.8) is 0 Å². The van der Waals surface area contributed by atoms with Gasteiger partial charge in [0.15, 0.2) is 0 Å². The Bertz CT molecular complexity index is 1240. The fourth-order valence-corrected chi connectivity index (χ4v) is 3.65. The maximum Gasteiger partial charge on any atom is 0.337 e. The zero-order chi connectivity index (χ0) is 22.0. The van der Waals surface area contributed by atoms with Crippen LogP contribution < -0.4 is 4.74 Å². The molecule has 0 unspecified atom stereocenters. The highest BCUT2D eigenvalue weighted by Gasteiger charge is 2.17. The van der Waals surface area contributed by atoms with Gasteiger partial charge in [-0.15, -0.1) is 12.4 Å². The van der Waals surface area contributed by atoms with Gasteiger partial charge in [-0.25, -0.2) is 14.2 Å². The molecule has 0 atom stereocenters. The number of ether oxygens (including phenoxy) is 2. The van der Waals surface area contributed by atoms with Crippen molar-refractivity contribution in [3.05, 3.63) is 94.6 Å². The van der Waals surface area contributed by atoms with E-state index >= 15 is 0 Å². The zero-order valence-electron chi connectivity index (χ0n) is 18.1. The molecule has 4 rings (SSSR count). The third-order valence-corrected chi connectivity index (χ3v) is 5.52. The highest BCUT2D eigenvalue weighted by molar-refractivity contribution is 5.90. The van der Waals surface area contributed by atoms with E-state index in [0.29, 0.717) is 24.6 Å². The molecular weight excluding hydrogens is 431 g/mol. The van der Waals surface area contributed by atoms with Crippen molar-refractivity contribution >= 4 is 29.3 Å². The Balaban J connectivity index is 0.00000289. The molecule has 2 heterocycles. The number of hydrogen-bond acceptors (Lipinski definition) is 4. The largest absolute Gasteiger partial charge is 0.471 e. The van der Waals surface area contributed by atoms with Crippen molar-refractivity contribution in [1.82, 2.24) is 9.55 Å². The molecule has 0 aliphatic carbocycles.